The molecule has 5 nitrogen and oxygen atoms in total. The van der Waals surface area contributed by atoms with Gasteiger partial charge in [0.2, 0.25) is 11.0 Å². The van der Waals surface area contributed by atoms with Crippen LogP contribution in [-0.4, -0.2) is 38.5 Å². The summed E-state index contributed by atoms with van der Waals surface area (Å²) < 4.78 is 13.8. The quantitative estimate of drug-likeness (QED) is 0.914. The molecule has 3 rings (SSSR count). The Bertz CT molecular complexity index is 702. The minimum absolute atomic E-state index is 0.137. The number of amides is 1. The summed E-state index contributed by atoms with van der Waals surface area (Å²) in [5.74, 6) is 0.854. The van der Waals surface area contributed by atoms with Crippen molar-refractivity contribution in [2.75, 3.05) is 23.4 Å². The molecule has 2 aromatic rings. The third kappa shape index (κ3) is 4.05. The molecule has 0 atom stereocenters. The summed E-state index contributed by atoms with van der Waals surface area (Å²) in [4.78, 5) is 16.1. The third-order valence-corrected chi connectivity index (χ3v) is 5.79. The Kier molecular flexibility index (Phi) is 5.06. The van der Waals surface area contributed by atoms with E-state index in [1.807, 2.05) is 0 Å². The highest BCUT2D eigenvalue weighted by atomic mass is 32.2. The number of nitrogens with zero attached hydrogens (tertiary/aromatic N) is 3. The van der Waals surface area contributed by atoms with Crippen molar-refractivity contribution in [3.05, 3.63) is 30.1 Å². The molecule has 0 saturated heterocycles. The van der Waals surface area contributed by atoms with Gasteiger partial charge in [0, 0.05) is 11.3 Å². The first-order chi connectivity index (χ1) is 10.7. The smallest absolute Gasteiger partial charge is 0.236 e. The van der Waals surface area contributed by atoms with Gasteiger partial charge in [0.1, 0.15) is 15.2 Å². The second kappa shape index (κ2) is 7.21. The van der Waals surface area contributed by atoms with Gasteiger partial charge in [-0.1, -0.05) is 34.9 Å². The van der Waals surface area contributed by atoms with Crippen LogP contribution in [0.5, 0.6) is 0 Å². The fourth-order valence-electron chi connectivity index (χ4n) is 1.67. The van der Waals surface area contributed by atoms with Gasteiger partial charge in [0.25, 0.3) is 0 Å². The van der Waals surface area contributed by atoms with Gasteiger partial charge in [0.15, 0.2) is 0 Å². The van der Waals surface area contributed by atoms with E-state index in [4.69, 9.17) is 0 Å². The Hall–Kier alpha value is -1.45. The van der Waals surface area contributed by atoms with E-state index in [9.17, 15) is 9.18 Å². The second-order valence-corrected chi connectivity index (χ2v) is 7.54. The number of carbonyl (C=O) groups excluding carboxylic acids is 1. The third-order valence-electron chi connectivity index (χ3n) is 2.65. The molecule has 0 aliphatic carbocycles. The molecule has 1 amide bonds. The second-order valence-electron chi connectivity index (χ2n) is 4.25. The lowest BCUT2D eigenvalue weighted by atomic mass is 10.2. The average molecular weight is 354 g/mol. The van der Waals surface area contributed by atoms with E-state index in [1.165, 1.54) is 35.2 Å². The molecule has 0 fully saturated rings. The summed E-state index contributed by atoms with van der Waals surface area (Å²) in [6.07, 6.45) is 0. The predicted octanol–water partition coefficient (Wildman–Crippen LogP) is 3.12. The first-order valence-corrected chi connectivity index (χ1v) is 9.19. The molecule has 0 bridgehead atoms. The Morgan fingerprint density at radius 1 is 1.32 bits per heavy atom. The van der Waals surface area contributed by atoms with Crippen molar-refractivity contribution >= 4 is 50.3 Å². The monoisotopic (exact) mass is 354 g/mol. The molecule has 114 valence electrons. The van der Waals surface area contributed by atoms with Crippen LogP contribution in [0.15, 0.2) is 29.3 Å². The van der Waals surface area contributed by atoms with Gasteiger partial charge in [0.05, 0.1) is 12.3 Å². The molecule has 2 heterocycles. The van der Waals surface area contributed by atoms with Gasteiger partial charge in [-0.2, -0.15) is 0 Å². The van der Waals surface area contributed by atoms with Crippen LogP contribution in [0.3, 0.4) is 0 Å². The fourth-order valence-corrected chi connectivity index (χ4v) is 4.24. The maximum absolute atomic E-state index is 12.9. The summed E-state index contributed by atoms with van der Waals surface area (Å²) in [6.45, 7) is 0.825. The normalized spacial score (nSPS) is 14.0. The summed E-state index contributed by atoms with van der Waals surface area (Å²) in [6, 6.07) is 6.00. The minimum atomic E-state index is -0.300. The lowest BCUT2D eigenvalue weighted by Gasteiger charge is -2.00. The number of nitrogens with one attached hydrogen (secondary N) is 1. The summed E-state index contributed by atoms with van der Waals surface area (Å²) >= 11 is 4.36. The van der Waals surface area contributed by atoms with E-state index in [1.54, 1.807) is 23.9 Å². The number of thioether (sulfide) groups is 2. The van der Waals surface area contributed by atoms with Crippen LogP contribution in [0.1, 0.15) is 0 Å². The molecule has 0 radical (unpaired) electrons. The highest BCUT2D eigenvalue weighted by Crippen LogP contribution is 2.27. The van der Waals surface area contributed by atoms with Crippen molar-refractivity contribution in [3.63, 3.8) is 0 Å². The topological polar surface area (TPSA) is 67.2 Å². The summed E-state index contributed by atoms with van der Waals surface area (Å²) in [7, 11) is 0. The molecule has 1 aromatic heterocycles. The molecule has 0 spiro atoms. The van der Waals surface area contributed by atoms with Gasteiger partial charge in [-0.3, -0.25) is 15.1 Å². The van der Waals surface area contributed by atoms with Crippen LogP contribution in [0.25, 0.3) is 10.6 Å². The molecule has 1 aromatic carbocycles. The van der Waals surface area contributed by atoms with Crippen molar-refractivity contribution in [1.29, 1.82) is 0 Å². The highest BCUT2D eigenvalue weighted by Gasteiger charge is 2.13. The Labute approximate surface area is 138 Å². The van der Waals surface area contributed by atoms with Crippen molar-refractivity contribution < 1.29 is 9.18 Å². The van der Waals surface area contributed by atoms with E-state index in [2.05, 4.69) is 20.5 Å². The fraction of sp³-hybridized carbons (Fsp3) is 0.231. The van der Waals surface area contributed by atoms with Crippen molar-refractivity contribution in [2.45, 2.75) is 0 Å². The number of aromatic nitrogens is 2. The van der Waals surface area contributed by atoms with Gasteiger partial charge < -0.3 is 0 Å². The molecule has 1 N–H and O–H groups in total. The van der Waals surface area contributed by atoms with Crippen LogP contribution in [-0.2, 0) is 4.79 Å². The number of hydrogen-bond donors (Lipinski definition) is 1. The van der Waals surface area contributed by atoms with Gasteiger partial charge in [-0.05, 0) is 24.3 Å². The Morgan fingerprint density at radius 3 is 2.86 bits per heavy atom. The number of rotatable bonds is 4. The van der Waals surface area contributed by atoms with Crippen molar-refractivity contribution in [2.24, 2.45) is 4.99 Å². The Balaban J connectivity index is 1.56. The number of anilines is 1. The van der Waals surface area contributed by atoms with E-state index >= 15 is 0 Å². The molecule has 22 heavy (non-hydrogen) atoms. The largest absolute Gasteiger partial charge is 0.300 e. The average Bonchev–Trinajstić information content (AvgIpc) is 3.17. The molecule has 1 aliphatic heterocycles. The van der Waals surface area contributed by atoms with E-state index in [0.717, 1.165) is 22.2 Å². The molecule has 0 unspecified atom stereocenters. The van der Waals surface area contributed by atoms with Crippen LogP contribution < -0.4 is 5.32 Å². The van der Waals surface area contributed by atoms with Crippen LogP contribution in [0.2, 0.25) is 0 Å². The first kappa shape index (κ1) is 15.4. The van der Waals surface area contributed by atoms with Gasteiger partial charge in [-0.25, -0.2) is 4.39 Å². The Morgan fingerprint density at radius 2 is 2.14 bits per heavy atom. The molecule has 9 heteroatoms. The number of hydrogen-bond acceptors (Lipinski definition) is 7. The maximum atomic E-state index is 12.9. The maximum Gasteiger partial charge on any atom is 0.236 e. The molecule has 1 aliphatic rings. The summed E-state index contributed by atoms with van der Waals surface area (Å²) in [5, 5.41) is 11.7. The zero-order valence-corrected chi connectivity index (χ0v) is 13.7. The predicted molar refractivity (Wildman–Crippen MR) is 91.2 cm³/mol. The van der Waals surface area contributed by atoms with Crippen LogP contribution in [0.4, 0.5) is 9.52 Å². The van der Waals surface area contributed by atoms with Gasteiger partial charge >= 0.3 is 0 Å². The van der Waals surface area contributed by atoms with Crippen molar-refractivity contribution in [1.82, 2.24) is 10.2 Å². The van der Waals surface area contributed by atoms with Crippen LogP contribution >= 0.6 is 34.9 Å². The highest BCUT2D eigenvalue weighted by molar-refractivity contribution is 8.39. The standard InChI is InChI=1S/C13H11FN4OS3/c14-9-3-1-8(2-4-9)11-17-18-12(22-11)16-10(19)7-21-13-15-5-6-20-13/h1-4H,5-7H2,(H,16,18,19). The lowest BCUT2D eigenvalue weighted by molar-refractivity contribution is -0.113. The van der Waals surface area contributed by atoms with Crippen molar-refractivity contribution in [3.8, 4) is 10.6 Å². The molecule has 0 saturated carbocycles. The van der Waals surface area contributed by atoms with Crippen LogP contribution in [0, 0.1) is 5.82 Å². The zero-order valence-electron chi connectivity index (χ0n) is 11.3. The minimum Gasteiger partial charge on any atom is -0.300 e. The molecular weight excluding hydrogens is 343 g/mol. The number of halogens is 1. The number of carbonyl (C=O) groups is 1. The number of benzene rings is 1. The first-order valence-electron chi connectivity index (χ1n) is 6.40. The van der Waals surface area contributed by atoms with Gasteiger partial charge in [-0.15, -0.1) is 10.2 Å². The SMILES string of the molecule is O=C(CSC1=NCCS1)Nc1nnc(-c2ccc(F)cc2)s1. The van der Waals surface area contributed by atoms with E-state index in [-0.39, 0.29) is 11.7 Å². The zero-order chi connectivity index (χ0) is 15.4. The molecular formula is C13H11FN4OS3. The van der Waals surface area contributed by atoms with E-state index < -0.39 is 0 Å². The lowest BCUT2D eigenvalue weighted by Crippen LogP contribution is -2.14. The number of aliphatic imine (C=N–C) groups is 1. The summed E-state index contributed by atoms with van der Waals surface area (Å²) in [5.41, 5.74) is 0.769. The van der Waals surface area contributed by atoms with E-state index in [0.29, 0.717) is 15.9 Å².